The average molecular weight is 142 g/mol. The van der Waals surface area contributed by atoms with Gasteiger partial charge < -0.3 is 0 Å². The summed E-state index contributed by atoms with van der Waals surface area (Å²) in [6.45, 7) is 0. The lowest BCUT2D eigenvalue weighted by Gasteiger charge is -1.67. The summed E-state index contributed by atoms with van der Waals surface area (Å²) in [5.41, 5.74) is -5.00. The highest BCUT2D eigenvalue weighted by Crippen LogP contribution is 1.83. The third-order valence-corrected chi connectivity index (χ3v) is 0. The summed E-state index contributed by atoms with van der Waals surface area (Å²) in [5.74, 6) is 0. The van der Waals surface area contributed by atoms with Gasteiger partial charge in [-0.15, -0.1) is 0 Å². The zero-order valence-corrected chi connectivity index (χ0v) is 3.16. The smallest absolute Gasteiger partial charge is 0.0662 e. The van der Waals surface area contributed by atoms with Crippen molar-refractivity contribution in [2.75, 3.05) is 0 Å². The van der Waals surface area contributed by atoms with E-state index in [1.807, 2.05) is 0 Å². The molecule has 0 unspecified atom stereocenters. The maximum absolute atomic E-state index is 9.50. The third-order valence-electron chi connectivity index (χ3n) is 0. The molecule has 0 aliphatic heterocycles. The molecule has 0 saturated heterocycles. The Balaban J connectivity index is 0. The summed E-state index contributed by atoms with van der Waals surface area (Å²) in [6, 6.07) is 0. The van der Waals surface area contributed by atoms with Crippen LogP contribution < -0.4 is 0 Å². The maximum atomic E-state index is 9.50. The zero-order chi connectivity index (χ0) is 7.15. The van der Waals surface area contributed by atoms with E-state index in [4.69, 9.17) is 0 Å². The van der Waals surface area contributed by atoms with E-state index in [9.17, 15) is 26.9 Å². The minimum absolute atomic E-state index is 2.50. The van der Waals surface area contributed by atoms with E-state index in [2.05, 4.69) is 0 Å². The van der Waals surface area contributed by atoms with Crippen LogP contribution in [0.2, 0.25) is 0 Å². The van der Waals surface area contributed by atoms with Crippen LogP contribution in [0.1, 0.15) is 0 Å². The van der Waals surface area contributed by atoms with Crippen LogP contribution in [0.15, 0.2) is 0 Å². The van der Waals surface area contributed by atoms with E-state index in [1.54, 1.807) is 0 Å². The Hall–Kier alpha value is -0.500. The number of halogens is 6. The second-order valence-corrected chi connectivity index (χ2v) is 0.383. The van der Waals surface area contributed by atoms with Crippen LogP contribution in [0.3, 0.4) is 0 Å². The maximum Gasteiger partial charge on any atom is 0.199 e. The standard InChI is InChI=1S/2F3N/c2*1-4(2)3. The number of nitrogens with zero attached hydrogens (tertiary/aromatic N) is 2. The summed E-state index contributed by atoms with van der Waals surface area (Å²) in [6.07, 6.45) is 0. The number of rotatable bonds is 0. The average Bonchev–Trinajstić information content (AvgIpc) is 1.25. The molecule has 52 valence electrons. The van der Waals surface area contributed by atoms with Crippen molar-refractivity contribution in [2.45, 2.75) is 0 Å². The molecule has 8 heteroatoms. The van der Waals surface area contributed by atoms with Crippen molar-refractivity contribution in [1.29, 1.82) is 0 Å². The van der Waals surface area contributed by atoms with Crippen molar-refractivity contribution in [3.8, 4) is 0 Å². The molecule has 0 amide bonds. The first-order chi connectivity index (χ1) is 3.46. The highest BCUT2D eigenvalue weighted by molar-refractivity contribution is 3.25. The summed E-state index contributed by atoms with van der Waals surface area (Å²) >= 11 is 0. The molecule has 0 aromatic heterocycles. The van der Waals surface area contributed by atoms with Gasteiger partial charge in [0.2, 0.25) is 0 Å². The molecule has 0 rings (SSSR count). The quantitative estimate of drug-likeness (QED) is 0.376. The van der Waals surface area contributed by atoms with Gasteiger partial charge in [0.05, 0.1) is 0 Å². The van der Waals surface area contributed by atoms with Crippen molar-refractivity contribution < 1.29 is 26.9 Å². The van der Waals surface area contributed by atoms with Gasteiger partial charge in [0.25, 0.3) is 0 Å². The van der Waals surface area contributed by atoms with Crippen LogP contribution in [0, 0.1) is 0 Å². The number of hydrogen-bond donors (Lipinski definition) is 0. The van der Waals surface area contributed by atoms with Crippen molar-refractivity contribution >= 4 is 0 Å². The van der Waals surface area contributed by atoms with Gasteiger partial charge in [0.1, 0.15) is 0 Å². The van der Waals surface area contributed by atoms with Gasteiger partial charge >= 0.3 is 0 Å². The molecule has 0 aliphatic rings. The van der Waals surface area contributed by atoms with Gasteiger partial charge in [-0.2, -0.15) is 0 Å². The molecule has 0 saturated carbocycles. The molecule has 0 spiro atoms. The largest absolute Gasteiger partial charge is 0.199 e. The second kappa shape index (κ2) is 6.50. The minimum Gasteiger partial charge on any atom is -0.0662 e. The lowest BCUT2D eigenvalue weighted by molar-refractivity contribution is -0.296. The highest BCUT2D eigenvalue weighted by atomic mass is 19.5. The molecule has 8 heavy (non-hydrogen) atoms. The molecular formula is F6N2. The molecular weight excluding hydrogens is 142 g/mol. The van der Waals surface area contributed by atoms with Gasteiger partial charge in [-0.1, -0.05) is 26.9 Å². The predicted molar refractivity (Wildman–Crippen MR) is 10.3 cm³/mol. The first-order valence-corrected chi connectivity index (χ1v) is 1.01. The van der Waals surface area contributed by atoms with E-state index in [-0.39, 0.29) is 0 Å². The fraction of sp³-hybridized carbons (Fsp3) is 0. The molecule has 2 nitrogen and oxygen atoms in total. The Labute approximate surface area is 39.5 Å². The van der Waals surface area contributed by atoms with E-state index in [0.29, 0.717) is 0 Å². The van der Waals surface area contributed by atoms with Crippen LogP contribution >= 0.6 is 0 Å². The van der Waals surface area contributed by atoms with Gasteiger partial charge in [-0.05, 0) is 0 Å². The molecule has 0 heterocycles. The van der Waals surface area contributed by atoms with Gasteiger partial charge in [0, 0.05) is 0 Å². The van der Waals surface area contributed by atoms with Crippen LogP contribution in [-0.4, -0.2) is 11.1 Å². The Morgan fingerprint density at radius 3 is 0.500 bits per heavy atom. The summed E-state index contributed by atoms with van der Waals surface area (Å²) in [5, 5.41) is 0. The molecule has 0 aromatic carbocycles. The summed E-state index contributed by atoms with van der Waals surface area (Å²) in [4.78, 5) is 0. The highest BCUT2D eigenvalue weighted by Gasteiger charge is 1.81. The summed E-state index contributed by atoms with van der Waals surface area (Å²) in [7, 11) is 0. The van der Waals surface area contributed by atoms with Crippen LogP contribution in [-0.2, 0) is 0 Å². The molecule has 0 atom stereocenters. The van der Waals surface area contributed by atoms with Crippen molar-refractivity contribution in [3.05, 3.63) is 0 Å². The second-order valence-electron chi connectivity index (χ2n) is 0.383. The Morgan fingerprint density at radius 2 is 0.500 bits per heavy atom. The topological polar surface area (TPSA) is 6.48 Å². The van der Waals surface area contributed by atoms with Crippen molar-refractivity contribution in [3.63, 3.8) is 0 Å². The van der Waals surface area contributed by atoms with E-state index < -0.39 is 11.1 Å². The first kappa shape index (κ1) is 10.5. The first-order valence-electron chi connectivity index (χ1n) is 1.01. The fourth-order valence-electron chi connectivity index (χ4n) is 0. The molecule has 0 N–H and O–H groups in total. The predicted octanol–water partition coefficient (Wildman–Crippen LogP) is 1.88. The normalized spacial score (nSPS) is 9.00. The lowest BCUT2D eigenvalue weighted by atomic mass is 13.5. The lowest BCUT2D eigenvalue weighted by Crippen LogP contribution is -1.72. The SMILES string of the molecule is FN(F)F.FN(F)F. The minimum atomic E-state index is -2.50. The zero-order valence-electron chi connectivity index (χ0n) is 3.16. The molecule has 0 fully saturated rings. The monoisotopic (exact) mass is 142 g/mol. The van der Waals surface area contributed by atoms with Crippen LogP contribution in [0.5, 0.6) is 0 Å². The van der Waals surface area contributed by atoms with E-state index in [0.717, 1.165) is 0 Å². The Bertz CT molecular complexity index is 22.0. The molecule has 0 aliphatic carbocycles. The van der Waals surface area contributed by atoms with Crippen molar-refractivity contribution in [1.82, 2.24) is 11.1 Å². The Morgan fingerprint density at radius 1 is 0.500 bits per heavy atom. The van der Waals surface area contributed by atoms with Gasteiger partial charge in [-0.25, -0.2) is 0 Å². The Kier molecular flexibility index (Phi) is 8.51. The molecule has 0 bridgehead atoms. The van der Waals surface area contributed by atoms with Crippen LogP contribution in [0.25, 0.3) is 0 Å². The number of hydrogen-bond acceptors (Lipinski definition) is 2. The molecule has 0 aromatic rings. The molecule has 0 radical (unpaired) electrons. The van der Waals surface area contributed by atoms with Gasteiger partial charge in [0.15, 0.2) is 11.1 Å². The van der Waals surface area contributed by atoms with Crippen molar-refractivity contribution in [2.24, 2.45) is 0 Å². The fourth-order valence-corrected chi connectivity index (χ4v) is 0. The third kappa shape index (κ3) is 446. The van der Waals surface area contributed by atoms with E-state index >= 15 is 0 Å². The van der Waals surface area contributed by atoms with E-state index in [1.165, 1.54) is 0 Å². The summed E-state index contributed by atoms with van der Waals surface area (Å²) < 4.78 is 57.0. The van der Waals surface area contributed by atoms with Crippen LogP contribution in [0.4, 0.5) is 26.9 Å². The van der Waals surface area contributed by atoms with Gasteiger partial charge in [-0.3, -0.25) is 0 Å².